The molecule has 4 nitrogen and oxygen atoms in total. The number of hydrogen-bond donors (Lipinski definition) is 0. The van der Waals surface area contributed by atoms with Crippen LogP contribution in [0.15, 0.2) is 30.5 Å². The molecule has 0 amide bonds. The quantitative estimate of drug-likeness (QED) is 0.615. The van der Waals surface area contributed by atoms with Crippen LogP contribution in [0.4, 0.5) is 0 Å². The first kappa shape index (κ1) is 12.2. The summed E-state index contributed by atoms with van der Waals surface area (Å²) in [6.07, 6.45) is 5.13. The summed E-state index contributed by atoms with van der Waals surface area (Å²) in [6, 6.07) is 5.84. The molecule has 1 aromatic heterocycles. The van der Waals surface area contributed by atoms with Crippen LogP contribution in [-0.4, -0.2) is 24.8 Å². The lowest BCUT2D eigenvalue weighted by molar-refractivity contribution is -0.134. The lowest BCUT2D eigenvalue weighted by atomic mass is 10.1. The summed E-state index contributed by atoms with van der Waals surface area (Å²) in [5.41, 5.74) is 2.03. The molecule has 0 radical (unpaired) electrons. The van der Waals surface area contributed by atoms with Crippen molar-refractivity contribution in [2.24, 2.45) is 7.05 Å². The summed E-state index contributed by atoms with van der Waals surface area (Å²) in [5.74, 6) is 0.452. The Bertz CT molecular complexity index is 611. The van der Waals surface area contributed by atoms with Crippen molar-refractivity contribution in [2.75, 3.05) is 14.2 Å². The number of ether oxygens (including phenoxy) is 2. The van der Waals surface area contributed by atoms with E-state index in [4.69, 9.17) is 4.74 Å². The largest absolute Gasteiger partial charge is 0.497 e. The Hall–Kier alpha value is -2.23. The zero-order chi connectivity index (χ0) is 13.1. The minimum absolute atomic E-state index is 0.361. The fourth-order valence-electron chi connectivity index (χ4n) is 1.88. The van der Waals surface area contributed by atoms with Gasteiger partial charge in [0, 0.05) is 36.3 Å². The first-order chi connectivity index (χ1) is 8.65. The maximum atomic E-state index is 11.1. The van der Waals surface area contributed by atoms with Crippen LogP contribution in [0.2, 0.25) is 0 Å². The molecule has 0 saturated carbocycles. The van der Waals surface area contributed by atoms with Crippen molar-refractivity contribution in [3.05, 3.63) is 36.0 Å². The second kappa shape index (κ2) is 4.96. The van der Waals surface area contributed by atoms with Crippen molar-refractivity contribution in [3.8, 4) is 5.75 Å². The first-order valence-electron chi connectivity index (χ1n) is 5.55. The van der Waals surface area contributed by atoms with Gasteiger partial charge >= 0.3 is 5.97 Å². The van der Waals surface area contributed by atoms with E-state index in [1.807, 2.05) is 36.0 Å². The summed E-state index contributed by atoms with van der Waals surface area (Å²) in [5, 5.41) is 1.07. The van der Waals surface area contributed by atoms with Crippen LogP contribution in [0.5, 0.6) is 5.75 Å². The molecule has 4 heteroatoms. The van der Waals surface area contributed by atoms with E-state index in [1.54, 1.807) is 13.2 Å². The Morgan fingerprint density at radius 1 is 1.33 bits per heavy atom. The van der Waals surface area contributed by atoms with Crippen molar-refractivity contribution in [3.63, 3.8) is 0 Å². The predicted molar refractivity (Wildman–Crippen MR) is 70.5 cm³/mol. The highest BCUT2D eigenvalue weighted by molar-refractivity contribution is 5.94. The highest BCUT2D eigenvalue weighted by atomic mass is 16.5. The number of benzene rings is 1. The van der Waals surface area contributed by atoms with Crippen LogP contribution in [0.3, 0.4) is 0 Å². The van der Waals surface area contributed by atoms with E-state index in [1.165, 1.54) is 13.2 Å². The Balaban J connectivity index is 2.47. The summed E-state index contributed by atoms with van der Waals surface area (Å²) < 4.78 is 11.8. The molecule has 0 atom stereocenters. The van der Waals surface area contributed by atoms with Crippen molar-refractivity contribution >= 4 is 22.9 Å². The average Bonchev–Trinajstić information content (AvgIpc) is 2.72. The van der Waals surface area contributed by atoms with Crippen LogP contribution < -0.4 is 4.74 Å². The third-order valence-corrected chi connectivity index (χ3v) is 2.83. The molecular formula is C14H15NO3. The molecule has 0 aliphatic carbocycles. The molecule has 0 aliphatic rings. The smallest absolute Gasteiger partial charge is 0.330 e. The standard InChI is InChI=1S/C14H15NO3/c1-15-9-10(4-7-14(16)18-3)12-6-5-11(17-2)8-13(12)15/h4-9H,1-3H3/b7-4+. The molecule has 0 bridgehead atoms. The number of esters is 1. The molecule has 0 unspecified atom stereocenters. The molecule has 2 aromatic rings. The number of aryl methyl sites for hydroxylation is 1. The molecule has 0 saturated heterocycles. The summed E-state index contributed by atoms with van der Waals surface area (Å²) >= 11 is 0. The lowest BCUT2D eigenvalue weighted by Crippen LogP contribution is -1.92. The van der Waals surface area contributed by atoms with Gasteiger partial charge in [-0.3, -0.25) is 0 Å². The second-order valence-corrected chi connectivity index (χ2v) is 3.93. The van der Waals surface area contributed by atoms with Crippen molar-refractivity contribution in [1.82, 2.24) is 4.57 Å². The number of hydrogen-bond acceptors (Lipinski definition) is 3. The maximum absolute atomic E-state index is 11.1. The molecule has 0 fully saturated rings. The Kier molecular flexibility index (Phi) is 3.37. The Morgan fingerprint density at radius 3 is 2.78 bits per heavy atom. The number of rotatable bonds is 3. The normalized spacial score (nSPS) is 11.1. The molecule has 0 aliphatic heterocycles. The van der Waals surface area contributed by atoms with E-state index >= 15 is 0 Å². The van der Waals surface area contributed by atoms with Crippen LogP contribution >= 0.6 is 0 Å². The lowest BCUT2D eigenvalue weighted by Gasteiger charge is -2.00. The number of carbonyl (C=O) groups excluding carboxylic acids is 1. The number of carbonyl (C=O) groups is 1. The monoisotopic (exact) mass is 245 g/mol. The van der Waals surface area contributed by atoms with E-state index in [-0.39, 0.29) is 5.97 Å². The van der Waals surface area contributed by atoms with E-state index in [0.717, 1.165) is 22.2 Å². The topological polar surface area (TPSA) is 40.5 Å². The van der Waals surface area contributed by atoms with Crippen LogP contribution in [0, 0.1) is 0 Å². The Morgan fingerprint density at radius 2 is 2.11 bits per heavy atom. The minimum Gasteiger partial charge on any atom is -0.497 e. The molecule has 1 heterocycles. The molecule has 1 aromatic carbocycles. The molecular weight excluding hydrogens is 230 g/mol. The van der Waals surface area contributed by atoms with Crippen LogP contribution in [0.1, 0.15) is 5.56 Å². The van der Waals surface area contributed by atoms with Gasteiger partial charge in [-0.05, 0) is 18.2 Å². The zero-order valence-corrected chi connectivity index (χ0v) is 10.6. The van der Waals surface area contributed by atoms with Crippen molar-refractivity contribution < 1.29 is 14.3 Å². The fourth-order valence-corrected chi connectivity index (χ4v) is 1.88. The van der Waals surface area contributed by atoms with Crippen LogP contribution in [-0.2, 0) is 16.6 Å². The van der Waals surface area contributed by atoms with Gasteiger partial charge in [0.1, 0.15) is 5.75 Å². The number of aromatic nitrogens is 1. The van der Waals surface area contributed by atoms with Gasteiger partial charge in [0.15, 0.2) is 0 Å². The minimum atomic E-state index is -0.361. The Labute approximate surface area is 105 Å². The summed E-state index contributed by atoms with van der Waals surface area (Å²) in [4.78, 5) is 11.1. The molecule has 0 spiro atoms. The highest BCUT2D eigenvalue weighted by Gasteiger charge is 2.05. The predicted octanol–water partition coefficient (Wildman–Crippen LogP) is 2.37. The van der Waals surface area contributed by atoms with E-state index in [0.29, 0.717) is 0 Å². The van der Waals surface area contributed by atoms with Gasteiger partial charge in [0.2, 0.25) is 0 Å². The SMILES string of the molecule is COC(=O)/C=C/c1cn(C)c2cc(OC)ccc12. The fraction of sp³-hybridized carbons (Fsp3) is 0.214. The van der Waals surface area contributed by atoms with E-state index < -0.39 is 0 Å². The van der Waals surface area contributed by atoms with Gasteiger partial charge < -0.3 is 14.0 Å². The van der Waals surface area contributed by atoms with Gasteiger partial charge in [-0.25, -0.2) is 4.79 Å². The third kappa shape index (κ3) is 2.22. The number of methoxy groups -OCH3 is 2. The van der Waals surface area contributed by atoms with E-state index in [2.05, 4.69) is 4.74 Å². The third-order valence-electron chi connectivity index (χ3n) is 2.83. The van der Waals surface area contributed by atoms with Gasteiger partial charge in [-0.2, -0.15) is 0 Å². The number of nitrogens with zero attached hydrogens (tertiary/aromatic N) is 1. The van der Waals surface area contributed by atoms with Crippen LogP contribution in [0.25, 0.3) is 17.0 Å². The molecule has 2 rings (SSSR count). The van der Waals surface area contributed by atoms with Crippen molar-refractivity contribution in [1.29, 1.82) is 0 Å². The van der Waals surface area contributed by atoms with Gasteiger partial charge in [0.25, 0.3) is 0 Å². The van der Waals surface area contributed by atoms with Gasteiger partial charge in [-0.15, -0.1) is 0 Å². The number of fused-ring (bicyclic) bond motifs is 1. The zero-order valence-electron chi connectivity index (χ0n) is 10.6. The van der Waals surface area contributed by atoms with Gasteiger partial charge in [-0.1, -0.05) is 0 Å². The van der Waals surface area contributed by atoms with E-state index in [9.17, 15) is 4.79 Å². The average molecular weight is 245 g/mol. The van der Waals surface area contributed by atoms with Gasteiger partial charge in [0.05, 0.1) is 19.7 Å². The molecule has 0 N–H and O–H groups in total. The molecule has 18 heavy (non-hydrogen) atoms. The summed E-state index contributed by atoms with van der Waals surface area (Å²) in [7, 11) is 4.96. The summed E-state index contributed by atoms with van der Waals surface area (Å²) in [6.45, 7) is 0. The highest BCUT2D eigenvalue weighted by Crippen LogP contribution is 2.25. The first-order valence-corrected chi connectivity index (χ1v) is 5.55. The second-order valence-electron chi connectivity index (χ2n) is 3.93. The molecule has 94 valence electrons. The van der Waals surface area contributed by atoms with Crippen molar-refractivity contribution in [2.45, 2.75) is 0 Å². The maximum Gasteiger partial charge on any atom is 0.330 e.